The van der Waals surface area contributed by atoms with Crippen LogP contribution in [0, 0.1) is 17.2 Å². The van der Waals surface area contributed by atoms with E-state index in [1.54, 1.807) is 19.2 Å². The summed E-state index contributed by atoms with van der Waals surface area (Å²) >= 11 is 0. The van der Waals surface area contributed by atoms with Gasteiger partial charge < -0.3 is 15.0 Å². The van der Waals surface area contributed by atoms with Gasteiger partial charge in [0.1, 0.15) is 0 Å². The number of benzene rings is 2. The van der Waals surface area contributed by atoms with Gasteiger partial charge in [-0.15, -0.1) is 0 Å². The van der Waals surface area contributed by atoms with Gasteiger partial charge in [0.05, 0.1) is 18.2 Å². The van der Waals surface area contributed by atoms with Crippen LogP contribution < -0.4 is 5.32 Å². The van der Waals surface area contributed by atoms with Crippen LogP contribution in [0.5, 0.6) is 0 Å². The lowest BCUT2D eigenvalue weighted by Crippen LogP contribution is -2.31. The highest BCUT2D eigenvalue weighted by Crippen LogP contribution is 2.21. The lowest BCUT2D eigenvalue weighted by atomic mass is 10.0. The molecule has 1 fully saturated rings. The van der Waals surface area contributed by atoms with E-state index in [2.05, 4.69) is 16.3 Å². The second-order valence-corrected chi connectivity index (χ2v) is 6.93. The molecule has 1 amide bonds. The minimum absolute atomic E-state index is 0.0409. The van der Waals surface area contributed by atoms with E-state index in [1.165, 1.54) is 0 Å². The summed E-state index contributed by atoms with van der Waals surface area (Å²) < 4.78 is 5.13. The van der Waals surface area contributed by atoms with Gasteiger partial charge in [-0.05, 0) is 54.3 Å². The topological polar surface area (TPSA) is 65.4 Å². The van der Waals surface area contributed by atoms with Crippen LogP contribution in [0.2, 0.25) is 0 Å². The molecule has 5 heteroatoms. The molecule has 27 heavy (non-hydrogen) atoms. The average molecular weight is 363 g/mol. The Bertz CT molecular complexity index is 811. The minimum Gasteiger partial charge on any atom is -0.383 e. The minimum atomic E-state index is -0.0409. The Kier molecular flexibility index (Phi) is 6.59. The summed E-state index contributed by atoms with van der Waals surface area (Å²) in [6.07, 6.45) is 1.11. The number of methoxy groups -OCH3 is 1. The lowest BCUT2D eigenvalue weighted by molar-refractivity contribution is 0.0946. The number of nitriles is 1. The quantitative estimate of drug-likeness (QED) is 0.821. The van der Waals surface area contributed by atoms with Crippen LogP contribution in [-0.2, 0) is 4.74 Å². The number of likely N-dealkylation sites (tertiary alicyclic amines) is 1. The van der Waals surface area contributed by atoms with E-state index < -0.39 is 0 Å². The van der Waals surface area contributed by atoms with Crippen LogP contribution in [0.1, 0.15) is 22.3 Å². The molecule has 1 saturated heterocycles. The summed E-state index contributed by atoms with van der Waals surface area (Å²) in [7, 11) is 1.72. The predicted molar refractivity (Wildman–Crippen MR) is 105 cm³/mol. The van der Waals surface area contributed by atoms with E-state index in [-0.39, 0.29) is 5.91 Å². The normalized spacial score (nSPS) is 16.8. The molecule has 1 heterocycles. The zero-order valence-corrected chi connectivity index (χ0v) is 15.6. The van der Waals surface area contributed by atoms with E-state index >= 15 is 0 Å². The molecule has 0 aliphatic carbocycles. The average Bonchev–Trinajstić information content (AvgIpc) is 3.18. The largest absolute Gasteiger partial charge is 0.383 e. The van der Waals surface area contributed by atoms with Crippen molar-refractivity contribution in [2.24, 2.45) is 5.92 Å². The first-order valence-corrected chi connectivity index (χ1v) is 9.29. The highest BCUT2D eigenvalue weighted by Gasteiger charge is 2.22. The molecule has 0 bridgehead atoms. The maximum Gasteiger partial charge on any atom is 0.251 e. The summed E-state index contributed by atoms with van der Waals surface area (Å²) in [6, 6.07) is 17.1. The Hall–Kier alpha value is -2.68. The third-order valence-corrected chi connectivity index (χ3v) is 5.00. The van der Waals surface area contributed by atoms with Crippen molar-refractivity contribution in [1.82, 2.24) is 10.2 Å². The Balaban J connectivity index is 1.57. The van der Waals surface area contributed by atoms with Crippen molar-refractivity contribution < 1.29 is 9.53 Å². The molecular weight excluding hydrogens is 338 g/mol. The van der Waals surface area contributed by atoms with Crippen molar-refractivity contribution in [3.05, 3.63) is 59.7 Å². The molecule has 0 unspecified atom stereocenters. The van der Waals surface area contributed by atoms with Gasteiger partial charge in [0, 0.05) is 32.3 Å². The van der Waals surface area contributed by atoms with Gasteiger partial charge in [0.25, 0.3) is 5.91 Å². The zero-order valence-electron chi connectivity index (χ0n) is 15.6. The maximum atomic E-state index is 12.6. The summed E-state index contributed by atoms with van der Waals surface area (Å²) in [4.78, 5) is 14.9. The van der Waals surface area contributed by atoms with Crippen molar-refractivity contribution in [1.29, 1.82) is 5.26 Å². The van der Waals surface area contributed by atoms with Gasteiger partial charge >= 0.3 is 0 Å². The van der Waals surface area contributed by atoms with Gasteiger partial charge in [0.15, 0.2) is 0 Å². The van der Waals surface area contributed by atoms with E-state index in [1.807, 2.05) is 36.4 Å². The van der Waals surface area contributed by atoms with E-state index in [0.717, 1.165) is 43.8 Å². The third kappa shape index (κ3) is 5.16. The van der Waals surface area contributed by atoms with Gasteiger partial charge in [-0.1, -0.05) is 24.3 Å². The first kappa shape index (κ1) is 19.1. The standard InChI is InChI=1S/C22H25N3O2/c1-27-12-11-25-10-9-18(16-25)15-24-22(26)21-4-2-3-20(13-21)19-7-5-17(14-23)6-8-19/h2-8,13,18H,9-12,15-16H2,1H3,(H,24,26)/t18-/m0/s1. The van der Waals surface area contributed by atoms with Gasteiger partial charge in [-0.2, -0.15) is 5.26 Å². The highest BCUT2D eigenvalue weighted by molar-refractivity contribution is 5.95. The first-order chi connectivity index (χ1) is 13.2. The van der Waals surface area contributed by atoms with E-state index in [9.17, 15) is 4.79 Å². The van der Waals surface area contributed by atoms with Crippen LogP contribution in [0.15, 0.2) is 48.5 Å². The molecule has 0 spiro atoms. The van der Waals surface area contributed by atoms with Crippen molar-refractivity contribution >= 4 is 5.91 Å². The molecule has 0 saturated carbocycles. The van der Waals surface area contributed by atoms with Crippen molar-refractivity contribution in [2.75, 3.05) is 39.9 Å². The second kappa shape index (κ2) is 9.31. The molecule has 1 aliphatic heterocycles. The smallest absolute Gasteiger partial charge is 0.251 e. The monoisotopic (exact) mass is 363 g/mol. The molecule has 1 atom stereocenters. The number of nitrogens with one attached hydrogen (secondary N) is 1. The number of ether oxygens (including phenoxy) is 1. The number of hydrogen-bond acceptors (Lipinski definition) is 4. The van der Waals surface area contributed by atoms with E-state index in [4.69, 9.17) is 10.00 Å². The number of amides is 1. The van der Waals surface area contributed by atoms with Crippen LogP contribution in [0.3, 0.4) is 0 Å². The summed E-state index contributed by atoms with van der Waals surface area (Å²) in [5.74, 6) is 0.452. The number of carbonyl (C=O) groups is 1. The SMILES string of the molecule is COCCN1CC[C@@H](CNC(=O)c2cccc(-c3ccc(C#N)cc3)c2)C1. The number of hydrogen-bond donors (Lipinski definition) is 1. The maximum absolute atomic E-state index is 12.6. The van der Waals surface area contributed by atoms with Crippen LogP contribution in [0.25, 0.3) is 11.1 Å². The molecule has 2 aromatic rings. The summed E-state index contributed by atoms with van der Waals surface area (Å²) in [5, 5.41) is 12.0. The lowest BCUT2D eigenvalue weighted by Gasteiger charge is -2.15. The molecule has 1 aliphatic rings. The zero-order chi connectivity index (χ0) is 19.1. The summed E-state index contributed by atoms with van der Waals surface area (Å²) in [5.41, 5.74) is 3.25. The highest BCUT2D eigenvalue weighted by atomic mass is 16.5. The van der Waals surface area contributed by atoms with Crippen molar-refractivity contribution in [2.45, 2.75) is 6.42 Å². The van der Waals surface area contributed by atoms with Crippen LogP contribution in [-0.4, -0.2) is 50.7 Å². The third-order valence-electron chi connectivity index (χ3n) is 5.00. The predicted octanol–water partition coefficient (Wildman–Crippen LogP) is 2.92. The number of rotatable bonds is 7. The molecule has 140 valence electrons. The fourth-order valence-electron chi connectivity index (χ4n) is 3.42. The van der Waals surface area contributed by atoms with Crippen molar-refractivity contribution in [3.63, 3.8) is 0 Å². The molecule has 0 radical (unpaired) electrons. The Morgan fingerprint density at radius 2 is 2.07 bits per heavy atom. The van der Waals surface area contributed by atoms with Gasteiger partial charge in [0.2, 0.25) is 0 Å². The molecule has 1 N–H and O–H groups in total. The number of nitrogens with zero attached hydrogens (tertiary/aromatic N) is 2. The molecule has 0 aromatic heterocycles. The molecule has 2 aromatic carbocycles. The molecule has 3 rings (SSSR count). The Morgan fingerprint density at radius 1 is 1.26 bits per heavy atom. The Labute approximate surface area is 160 Å². The van der Waals surface area contributed by atoms with Gasteiger partial charge in [-0.3, -0.25) is 4.79 Å². The second-order valence-electron chi connectivity index (χ2n) is 6.93. The van der Waals surface area contributed by atoms with Crippen molar-refractivity contribution in [3.8, 4) is 17.2 Å². The summed E-state index contributed by atoms with van der Waals surface area (Å²) in [6.45, 7) is 4.48. The number of carbonyl (C=O) groups excluding carboxylic acids is 1. The van der Waals surface area contributed by atoms with E-state index in [0.29, 0.717) is 23.6 Å². The van der Waals surface area contributed by atoms with Gasteiger partial charge in [-0.25, -0.2) is 0 Å². The fourth-order valence-corrected chi connectivity index (χ4v) is 3.42. The van der Waals surface area contributed by atoms with Crippen LogP contribution in [0.4, 0.5) is 0 Å². The molecule has 5 nitrogen and oxygen atoms in total. The van der Waals surface area contributed by atoms with Crippen LogP contribution >= 0.6 is 0 Å². The Morgan fingerprint density at radius 3 is 2.81 bits per heavy atom. The molecular formula is C22H25N3O2. The fraction of sp³-hybridized carbons (Fsp3) is 0.364. The first-order valence-electron chi connectivity index (χ1n) is 9.29.